The van der Waals surface area contributed by atoms with E-state index in [0.717, 1.165) is 22.9 Å². The molecule has 3 heterocycles. The van der Waals surface area contributed by atoms with Gasteiger partial charge in [0.2, 0.25) is 5.91 Å². The minimum absolute atomic E-state index is 0.0771. The summed E-state index contributed by atoms with van der Waals surface area (Å²) in [5.74, 6) is -2.33. The molecule has 8 nitrogen and oxygen atoms in total. The normalized spacial score (nSPS) is 27.5. The highest BCUT2D eigenvalue weighted by Gasteiger charge is 2.75. The van der Waals surface area contributed by atoms with Crippen molar-refractivity contribution in [2.75, 3.05) is 31.2 Å². The first-order chi connectivity index (χ1) is 18.5. The first kappa shape index (κ1) is 26.4. The fourth-order valence-corrected chi connectivity index (χ4v) is 6.69. The molecule has 1 N–H and O–H groups in total. The number of unbranched alkanes of at least 4 members (excludes halogenated alkanes) is 2. The number of hydrogen-bond acceptors (Lipinski definition) is 6. The van der Waals surface area contributed by atoms with Crippen LogP contribution >= 0.6 is 0 Å². The summed E-state index contributed by atoms with van der Waals surface area (Å²) in [6, 6.07) is 13.0. The van der Waals surface area contributed by atoms with E-state index >= 15 is 0 Å². The van der Waals surface area contributed by atoms with Crippen molar-refractivity contribution in [1.29, 1.82) is 0 Å². The van der Waals surface area contributed by atoms with E-state index in [1.54, 1.807) is 22.8 Å². The molecule has 1 spiro atoms. The monoisotopic (exact) mass is 520 g/mol. The molecule has 2 bridgehead atoms. The van der Waals surface area contributed by atoms with E-state index in [1.807, 2.05) is 42.5 Å². The Kier molecular flexibility index (Phi) is 7.54. The molecule has 3 aliphatic rings. The Morgan fingerprint density at radius 2 is 2.00 bits per heavy atom. The van der Waals surface area contributed by atoms with Crippen molar-refractivity contribution in [1.82, 2.24) is 4.90 Å². The van der Waals surface area contributed by atoms with Gasteiger partial charge in [-0.3, -0.25) is 14.4 Å². The van der Waals surface area contributed by atoms with Gasteiger partial charge in [0.15, 0.2) is 0 Å². The Labute approximate surface area is 223 Å². The largest absolute Gasteiger partial charge is 0.466 e. The molecule has 2 aromatic rings. The first-order valence-corrected chi connectivity index (χ1v) is 13.6. The van der Waals surface area contributed by atoms with E-state index < -0.39 is 35.6 Å². The molecule has 8 heteroatoms. The highest BCUT2D eigenvalue weighted by Crippen LogP contribution is 2.59. The molecule has 2 unspecified atom stereocenters. The zero-order chi connectivity index (χ0) is 26.9. The molecule has 2 aromatic carbocycles. The number of rotatable bonds is 11. The van der Waals surface area contributed by atoms with Gasteiger partial charge in [-0.2, -0.15) is 0 Å². The highest BCUT2D eigenvalue weighted by atomic mass is 16.6. The van der Waals surface area contributed by atoms with Crippen molar-refractivity contribution in [2.45, 2.75) is 56.8 Å². The summed E-state index contributed by atoms with van der Waals surface area (Å²) in [5, 5.41) is 11.3. The highest BCUT2D eigenvalue weighted by molar-refractivity contribution is 6.05. The van der Waals surface area contributed by atoms with E-state index in [9.17, 15) is 19.5 Å². The summed E-state index contributed by atoms with van der Waals surface area (Å²) in [5.41, 5.74) is -0.348. The van der Waals surface area contributed by atoms with Gasteiger partial charge < -0.3 is 24.4 Å². The molecule has 5 atom stereocenters. The van der Waals surface area contributed by atoms with Gasteiger partial charge in [-0.15, -0.1) is 6.58 Å². The molecule has 38 heavy (non-hydrogen) atoms. The zero-order valence-electron chi connectivity index (χ0n) is 21.9. The van der Waals surface area contributed by atoms with Gasteiger partial charge in [-0.05, 0) is 61.9 Å². The van der Waals surface area contributed by atoms with E-state index in [0.29, 0.717) is 32.2 Å². The number of ether oxygens (including phenoxy) is 2. The predicted molar refractivity (Wildman–Crippen MR) is 143 cm³/mol. The maximum atomic E-state index is 14.5. The van der Waals surface area contributed by atoms with Crippen molar-refractivity contribution in [3.8, 4) is 0 Å². The maximum Gasteiger partial charge on any atom is 0.312 e. The smallest absolute Gasteiger partial charge is 0.312 e. The number of carbonyl (C=O) groups is 3. The van der Waals surface area contributed by atoms with E-state index in [-0.39, 0.29) is 31.6 Å². The Bertz CT molecular complexity index is 1230. The fourth-order valence-electron chi connectivity index (χ4n) is 6.69. The Morgan fingerprint density at radius 3 is 2.74 bits per heavy atom. The number of nitrogens with zero attached hydrogens (tertiary/aromatic N) is 2. The Hall–Kier alpha value is -3.23. The molecule has 0 saturated carbocycles. The van der Waals surface area contributed by atoms with Crippen LogP contribution in [0.15, 0.2) is 55.1 Å². The van der Waals surface area contributed by atoms with Crippen molar-refractivity contribution < 1.29 is 29.0 Å². The van der Waals surface area contributed by atoms with E-state index in [4.69, 9.17) is 9.47 Å². The van der Waals surface area contributed by atoms with Crippen LogP contribution in [0.25, 0.3) is 10.8 Å². The van der Waals surface area contributed by atoms with Crippen LogP contribution in [0.1, 0.15) is 39.0 Å². The van der Waals surface area contributed by atoms with Gasteiger partial charge in [0.25, 0.3) is 5.91 Å². The molecule has 0 aromatic heterocycles. The van der Waals surface area contributed by atoms with Crippen LogP contribution in [0.2, 0.25) is 0 Å². The number of anilines is 1. The number of benzene rings is 2. The van der Waals surface area contributed by atoms with Gasteiger partial charge in [-0.1, -0.05) is 36.4 Å². The van der Waals surface area contributed by atoms with Crippen molar-refractivity contribution in [2.24, 2.45) is 11.8 Å². The third-order valence-corrected chi connectivity index (χ3v) is 8.27. The standard InChI is InChI=1S/C30H36N2O6/c1-3-16-31(22-13-12-20-10-6-7-11-21(20)19-22)28(35)26-30-15-14-23(38-30)24(29(36)37-4-2)25(30)27(34)32(26)17-8-5-9-18-33/h3,6-7,10-13,19,23-26,33H,1,4-5,8-9,14-18H2,2H3/t23-,24+,25-,26?,30?/m0/s1. The number of likely N-dealkylation sites (tertiary alicyclic amines) is 1. The minimum Gasteiger partial charge on any atom is -0.466 e. The molecular weight excluding hydrogens is 484 g/mol. The van der Waals surface area contributed by atoms with Gasteiger partial charge in [0.1, 0.15) is 11.6 Å². The predicted octanol–water partition coefficient (Wildman–Crippen LogP) is 3.46. The lowest BCUT2D eigenvalue weighted by Gasteiger charge is -2.37. The number of fused-ring (bicyclic) bond motifs is 2. The van der Waals surface area contributed by atoms with Gasteiger partial charge in [0, 0.05) is 25.4 Å². The number of amides is 2. The molecule has 0 radical (unpaired) electrons. The SMILES string of the molecule is C=CCN(C(=O)C1N(CCCCCO)C(=O)[C@@H]2[C@H](C(=O)OCC)[C@@H]3CCC12O3)c1ccc2ccccc2c1. The summed E-state index contributed by atoms with van der Waals surface area (Å²) >= 11 is 0. The third-order valence-electron chi connectivity index (χ3n) is 8.27. The topological polar surface area (TPSA) is 96.4 Å². The summed E-state index contributed by atoms with van der Waals surface area (Å²) in [7, 11) is 0. The third kappa shape index (κ3) is 4.29. The van der Waals surface area contributed by atoms with Gasteiger partial charge in [0.05, 0.1) is 24.5 Å². The van der Waals surface area contributed by atoms with Gasteiger partial charge in [-0.25, -0.2) is 0 Å². The van der Waals surface area contributed by atoms with Crippen LogP contribution < -0.4 is 4.90 Å². The van der Waals surface area contributed by atoms with Crippen LogP contribution in [-0.2, 0) is 23.9 Å². The molecule has 2 amide bonds. The van der Waals surface area contributed by atoms with Crippen molar-refractivity contribution in [3.63, 3.8) is 0 Å². The number of esters is 1. The van der Waals surface area contributed by atoms with E-state index in [2.05, 4.69) is 6.58 Å². The first-order valence-electron chi connectivity index (χ1n) is 13.6. The molecular formula is C30H36N2O6. The second-order valence-corrected chi connectivity index (χ2v) is 10.4. The molecule has 3 saturated heterocycles. The zero-order valence-corrected chi connectivity index (χ0v) is 21.9. The fraction of sp³-hybridized carbons (Fsp3) is 0.500. The lowest BCUT2D eigenvalue weighted by atomic mass is 9.70. The maximum absolute atomic E-state index is 14.5. The lowest BCUT2D eigenvalue weighted by Crippen LogP contribution is -2.56. The summed E-state index contributed by atoms with van der Waals surface area (Å²) in [4.78, 5) is 44.7. The summed E-state index contributed by atoms with van der Waals surface area (Å²) in [6.07, 6.45) is 4.38. The summed E-state index contributed by atoms with van der Waals surface area (Å²) < 4.78 is 11.8. The summed E-state index contributed by atoms with van der Waals surface area (Å²) in [6.45, 7) is 6.55. The molecule has 5 rings (SSSR count). The van der Waals surface area contributed by atoms with E-state index in [1.165, 1.54) is 0 Å². The Balaban J connectivity index is 1.53. The van der Waals surface area contributed by atoms with Crippen LogP contribution in [-0.4, -0.2) is 71.8 Å². The number of carbonyl (C=O) groups excluding carboxylic acids is 3. The number of aliphatic hydroxyl groups excluding tert-OH is 1. The lowest BCUT2D eigenvalue weighted by molar-refractivity contribution is -0.154. The van der Waals surface area contributed by atoms with Crippen LogP contribution in [0.4, 0.5) is 5.69 Å². The van der Waals surface area contributed by atoms with Crippen LogP contribution in [0, 0.1) is 11.8 Å². The number of hydrogen-bond donors (Lipinski definition) is 1. The van der Waals surface area contributed by atoms with Crippen LogP contribution in [0.3, 0.4) is 0 Å². The average Bonchev–Trinajstić information content (AvgIpc) is 3.57. The molecule has 0 aliphatic carbocycles. The second-order valence-electron chi connectivity index (χ2n) is 10.4. The molecule has 3 fully saturated rings. The van der Waals surface area contributed by atoms with Gasteiger partial charge >= 0.3 is 5.97 Å². The average molecular weight is 521 g/mol. The second kappa shape index (κ2) is 10.9. The quantitative estimate of drug-likeness (QED) is 0.277. The Morgan fingerprint density at radius 1 is 1.21 bits per heavy atom. The molecule has 202 valence electrons. The number of aliphatic hydroxyl groups is 1. The minimum atomic E-state index is -1.07. The van der Waals surface area contributed by atoms with Crippen molar-refractivity contribution >= 4 is 34.2 Å². The van der Waals surface area contributed by atoms with Crippen molar-refractivity contribution in [3.05, 3.63) is 55.1 Å². The molecule has 3 aliphatic heterocycles. The van der Waals surface area contributed by atoms with Crippen LogP contribution in [0.5, 0.6) is 0 Å².